The first-order valence-electron chi connectivity index (χ1n) is 7.11. The van der Waals surface area contributed by atoms with Gasteiger partial charge in [0.05, 0.1) is 19.3 Å². The van der Waals surface area contributed by atoms with Crippen LogP contribution in [0, 0.1) is 0 Å². The summed E-state index contributed by atoms with van der Waals surface area (Å²) in [5.41, 5.74) is 2.57. The lowest BCUT2D eigenvalue weighted by Gasteiger charge is -2.35. The third-order valence-corrected chi connectivity index (χ3v) is 3.42. The van der Waals surface area contributed by atoms with E-state index in [0.29, 0.717) is 6.61 Å². The number of nitrogens with one attached hydrogen (secondary N) is 1. The first kappa shape index (κ1) is 14.3. The summed E-state index contributed by atoms with van der Waals surface area (Å²) >= 11 is 0. The van der Waals surface area contributed by atoms with Gasteiger partial charge >= 0.3 is 0 Å². The number of ether oxygens (including phenoxy) is 1. The molecule has 4 heteroatoms. The highest BCUT2D eigenvalue weighted by Crippen LogP contribution is 2.22. The second kappa shape index (κ2) is 7.48. The Morgan fingerprint density at radius 3 is 3.05 bits per heavy atom. The Labute approximate surface area is 115 Å². The zero-order valence-electron chi connectivity index (χ0n) is 11.6. The number of hydrogen-bond acceptors (Lipinski definition) is 4. The third-order valence-electron chi connectivity index (χ3n) is 3.42. The van der Waals surface area contributed by atoms with Crippen LogP contribution in [-0.2, 0) is 11.3 Å². The summed E-state index contributed by atoms with van der Waals surface area (Å²) in [6, 6.07) is 8.47. The second-order valence-corrected chi connectivity index (χ2v) is 4.93. The van der Waals surface area contributed by atoms with E-state index in [4.69, 9.17) is 4.74 Å². The van der Waals surface area contributed by atoms with E-state index in [1.54, 1.807) is 0 Å². The fourth-order valence-corrected chi connectivity index (χ4v) is 2.42. The highest BCUT2D eigenvalue weighted by atomic mass is 16.5. The summed E-state index contributed by atoms with van der Waals surface area (Å²) in [5.74, 6) is 0. The number of rotatable bonds is 6. The normalized spacial score (nSPS) is 19.7. The van der Waals surface area contributed by atoms with Gasteiger partial charge in [-0.1, -0.05) is 25.1 Å². The topological polar surface area (TPSA) is 44.7 Å². The van der Waals surface area contributed by atoms with Crippen molar-refractivity contribution in [2.45, 2.75) is 26.0 Å². The van der Waals surface area contributed by atoms with E-state index in [9.17, 15) is 5.11 Å². The molecule has 1 heterocycles. The molecule has 1 aliphatic heterocycles. The largest absolute Gasteiger partial charge is 0.394 e. The van der Waals surface area contributed by atoms with Gasteiger partial charge in [-0.05, 0) is 24.6 Å². The maximum Gasteiger partial charge on any atom is 0.0980 e. The summed E-state index contributed by atoms with van der Waals surface area (Å²) in [5, 5.41) is 12.7. The Morgan fingerprint density at radius 2 is 2.26 bits per heavy atom. The number of nitrogens with zero attached hydrogens (tertiary/aromatic N) is 1. The molecule has 2 N–H and O–H groups in total. The van der Waals surface area contributed by atoms with Gasteiger partial charge in [-0.3, -0.25) is 0 Å². The van der Waals surface area contributed by atoms with Crippen LogP contribution in [0.5, 0.6) is 0 Å². The summed E-state index contributed by atoms with van der Waals surface area (Å²) < 4.78 is 5.51. The number of aliphatic hydroxyl groups is 1. The van der Waals surface area contributed by atoms with Gasteiger partial charge in [-0.25, -0.2) is 0 Å². The van der Waals surface area contributed by atoms with Crippen molar-refractivity contribution in [1.29, 1.82) is 0 Å². The smallest absolute Gasteiger partial charge is 0.0980 e. The standard InChI is InChI=1S/C15H24N2O2/c1-2-7-16-10-13-5-3-4-6-15(13)17-8-9-19-14(11-17)12-18/h3-6,14,16,18H,2,7-12H2,1H3. The first-order valence-corrected chi connectivity index (χ1v) is 7.11. The van der Waals surface area contributed by atoms with Crippen LogP contribution >= 0.6 is 0 Å². The van der Waals surface area contributed by atoms with Crippen LogP contribution in [0.3, 0.4) is 0 Å². The number of aliphatic hydroxyl groups excluding tert-OH is 1. The summed E-state index contributed by atoms with van der Waals surface area (Å²) in [6.45, 7) is 6.53. The molecule has 1 fully saturated rings. The molecular formula is C15H24N2O2. The van der Waals surface area contributed by atoms with Gasteiger partial charge < -0.3 is 20.1 Å². The number of morpholine rings is 1. The number of anilines is 1. The molecule has 0 bridgehead atoms. The van der Waals surface area contributed by atoms with Crippen LogP contribution in [0.25, 0.3) is 0 Å². The Hall–Kier alpha value is -1.10. The van der Waals surface area contributed by atoms with E-state index >= 15 is 0 Å². The van der Waals surface area contributed by atoms with Crippen molar-refractivity contribution in [2.24, 2.45) is 0 Å². The quantitative estimate of drug-likeness (QED) is 0.762. The van der Waals surface area contributed by atoms with Crippen LogP contribution in [0.1, 0.15) is 18.9 Å². The van der Waals surface area contributed by atoms with E-state index in [-0.39, 0.29) is 12.7 Å². The van der Waals surface area contributed by atoms with Crippen molar-refractivity contribution in [2.75, 3.05) is 37.7 Å². The van der Waals surface area contributed by atoms with Crippen LogP contribution in [0.15, 0.2) is 24.3 Å². The zero-order chi connectivity index (χ0) is 13.5. The highest BCUT2D eigenvalue weighted by Gasteiger charge is 2.21. The maximum atomic E-state index is 9.23. The minimum Gasteiger partial charge on any atom is -0.394 e. The van der Waals surface area contributed by atoms with Crippen molar-refractivity contribution in [3.8, 4) is 0 Å². The molecule has 19 heavy (non-hydrogen) atoms. The zero-order valence-corrected chi connectivity index (χ0v) is 11.6. The van der Waals surface area contributed by atoms with Gasteiger partial charge in [0, 0.05) is 25.3 Å². The van der Waals surface area contributed by atoms with E-state index < -0.39 is 0 Å². The van der Waals surface area contributed by atoms with Crippen molar-refractivity contribution < 1.29 is 9.84 Å². The molecule has 1 aliphatic rings. The van der Waals surface area contributed by atoms with Gasteiger partial charge in [0.2, 0.25) is 0 Å². The Morgan fingerprint density at radius 1 is 1.42 bits per heavy atom. The Balaban J connectivity index is 2.05. The molecule has 1 unspecified atom stereocenters. The maximum absolute atomic E-state index is 9.23. The van der Waals surface area contributed by atoms with E-state index in [1.165, 1.54) is 11.3 Å². The lowest BCUT2D eigenvalue weighted by molar-refractivity contribution is 0.00352. The number of hydrogen-bond donors (Lipinski definition) is 2. The average Bonchev–Trinajstić information content (AvgIpc) is 2.48. The molecular weight excluding hydrogens is 240 g/mol. The van der Waals surface area contributed by atoms with Gasteiger partial charge in [0.15, 0.2) is 0 Å². The van der Waals surface area contributed by atoms with E-state index in [0.717, 1.165) is 32.6 Å². The fourth-order valence-electron chi connectivity index (χ4n) is 2.42. The molecule has 0 saturated carbocycles. The van der Waals surface area contributed by atoms with Gasteiger partial charge in [-0.15, -0.1) is 0 Å². The van der Waals surface area contributed by atoms with Crippen LogP contribution in [0.2, 0.25) is 0 Å². The van der Waals surface area contributed by atoms with Crippen LogP contribution in [-0.4, -0.2) is 44.1 Å². The molecule has 0 amide bonds. The molecule has 4 nitrogen and oxygen atoms in total. The van der Waals surface area contributed by atoms with Crippen molar-refractivity contribution >= 4 is 5.69 Å². The molecule has 2 rings (SSSR count). The molecule has 1 aromatic rings. The van der Waals surface area contributed by atoms with E-state index in [2.05, 4.69) is 41.4 Å². The number of benzene rings is 1. The molecule has 0 radical (unpaired) electrons. The predicted octanol–water partition coefficient (Wildman–Crippen LogP) is 1.38. The molecule has 106 valence electrons. The lowest BCUT2D eigenvalue weighted by Crippen LogP contribution is -2.44. The molecule has 1 atom stereocenters. The Kier molecular flexibility index (Phi) is 5.63. The fraction of sp³-hybridized carbons (Fsp3) is 0.600. The second-order valence-electron chi connectivity index (χ2n) is 4.93. The predicted molar refractivity (Wildman–Crippen MR) is 77.5 cm³/mol. The summed E-state index contributed by atoms with van der Waals surface area (Å²) in [4.78, 5) is 2.31. The summed E-state index contributed by atoms with van der Waals surface area (Å²) in [7, 11) is 0. The SMILES string of the molecule is CCCNCc1ccccc1N1CCOC(CO)C1. The minimum atomic E-state index is -0.0644. The Bertz CT molecular complexity index is 384. The molecule has 0 aliphatic carbocycles. The van der Waals surface area contributed by atoms with Gasteiger partial charge in [0.25, 0.3) is 0 Å². The minimum absolute atomic E-state index is 0.0644. The van der Waals surface area contributed by atoms with Crippen molar-refractivity contribution in [3.63, 3.8) is 0 Å². The third kappa shape index (κ3) is 3.93. The summed E-state index contributed by atoms with van der Waals surface area (Å²) in [6.07, 6.45) is 1.08. The molecule has 1 saturated heterocycles. The van der Waals surface area contributed by atoms with Crippen molar-refractivity contribution in [3.05, 3.63) is 29.8 Å². The molecule has 0 aromatic heterocycles. The van der Waals surface area contributed by atoms with Crippen LogP contribution in [0.4, 0.5) is 5.69 Å². The van der Waals surface area contributed by atoms with Crippen LogP contribution < -0.4 is 10.2 Å². The highest BCUT2D eigenvalue weighted by molar-refractivity contribution is 5.54. The first-order chi connectivity index (χ1) is 9.35. The monoisotopic (exact) mass is 264 g/mol. The van der Waals surface area contributed by atoms with Gasteiger partial charge in [-0.2, -0.15) is 0 Å². The number of para-hydroxylation sites is 1. The van der Waals surface area contributed by atoms with Crippen molar-refractivity contribution in [1.82, 2.24) is 5.32 Å². The average molecular weight is 264 g/mol. The van der Waals surface area contributed by atoms with E-state index in [1.807, 2.05) is 0 Å². The molecule has 0 spiro atoms. The van der Waals surface area contributed by atoms with Gasteiger partial charge in [0.1, 0.15) is 0 Å². The lowest BCUT2D eigenvalue weighted by atomic mass is 10.1. The molecule has 1 aromatic carbocycles.